The third kappa shape index (κ3) is 5.81. The molecule has 168 valence electrons. The fourth-order valence-electron chi connectivity index (χ4n) is 3.49. The van der Waals surface area contributed by atoms with Crippen LogP contribution >= 0.6 is 0 Å². The van der Waals surface area contributed by atoms with Crippen molar-refractivity contribution in [3.63, 3.8) is 0 Å². The number of nitrogens with one attached hydrogen (secondary N) is 1. The molecule has 1 aliphatic heterocycles. The number of aliphatic carboxylic acids is 1. The van der Waals surface area contributed by atoms with Gasteiger partial charge in [-0.25, -0.2) is 17.5 Å². The number of piperidine rings is 1. The number of carboxylic acids is 1. The Morgan fingerprint density at radius 3 is 2.29 bits per heavy atom. The molecule has 0 aliphatic carbocycles. The molecule has 9 heteroatoms. The van der Waals surface area contributed by atoms with Gasteiger partial charge in [0.25, 0.3) is 0 Å². The summed E-state index contributed by atoms with van der Waals surface area (Å²) in [6.45, 7) is 2.80. The number of benzene rings is 2. The minimum Gasteiger partial charge on any atom is -0.489 e. The number of carbonyl (C=O) groups is 1. The van der Waals surface area contributed by atoms with Gasteiger partial charge < -0.3 is 9.84 Å². The standard InChI is InChI=1S/C22H27FN2O5S/c1-22(21(26)27,25-13-3-2-4-14-25)16-24-31(28,29)20-11-9-19(10-12-20)30-15-17-5-7-18(23)8-6-17/h5-12,24H,2-4,13-16H2,1H3,(H,26,27)/t22-/m0/s1. The van der Waals surface area contributed by atoms with E-state index < -0.39 is 21.5 Å². The average molecular weight is 451 g/mol. The number of halogens is 1. The van der Waals surface area contributed by atoms with Crippen LogP contribution in [0.5, 0.6) is 5.75 Å². The predicted octanol–water partition coefficient (Wildman–Crippen LogP) is 3.01. The molecule has 2 aromatic rings. The first kappa shape index (κ1) is 23.2. The Kier molecular flexibility index (Phi) is 7.30. The molecular formula is C22H27FN2O5S. The lowest BCUT2D eigenvalue weighted by atomic mass is 9.97. The molecule has 1 heterocycles. The van der Waals surface area contributed by atoms with E-state index in [4.69, 9.17) is 4.74 Å². The molecule has 0 amide bonds. The van der Waals surface area contributed by atoms with Gasteiger partial charge >= 0.3 is 5.97 Å². The van der Waals surface area contributed by atoms with Crippen molar-refractivity contribution in [1.82, 2.24) is 9.62 Å². The summed E-state index contributed by atoms with van der Waals surface area (Å²) in [5, 5.41) is 9.74. The number of nitrogens with zero attached hydrogens (tertiary/aromatic N) is 1. The fraction of sp³-hybridized carbons (Fsp3) is 0.409. The molecule has 7 nitrogen and oxygen atoms in total. The summed E-state index contributed by atoms with van der Waals surface area (Å²) < 4.78 is 46.4. The van der Waals surface area contributed by atoms with Crippen LogP contribution in [0.3, 0.4) is 0 Å². The van der Waals surface area contributed by atoms with Crippen molar-refractivity contribution in [2.75, 3.05) is 19.6 Å². The van der Waals surface area contributed by atoms with E-state index in [0.717, 1.165) is 24.8 Å². The molecule has 3 rings (SSSR count). The molecule has 1 fully saturated rings. The van der Waals surface area contributed by atoms with Crippen molar-refractivity contribution in [3.8, 4) is 5.75 Å². The van der Waals surface area contributed by atoms with Crippen LogP contribution in [0.1, 0.15) is 31.7 Å². The second-order valence-corrected chi connectivity index (χ2v) is 9.60. The Morgan fingerprint density at radius 2 is 1.71 bits per heavy atom. The monoisotopic (exact) mass is 450 g/mol. The molecule has 0 radical (unpaired) electrons. The van der Waals surface area contributed by atoms with E-state index in [2.05, 4.69) is 4.72 Å². The molecule has 2 aromatic carbocycles. The van der Waals surface area contributed by atoms with Crippen LogP contribution in [0.25, 0.3) is 0 Å². The number of ether oxygens (including phenoxy) is 1. The molecule has 31 heavy (non-hydrogen) atoms. The van der Waals surface area contributed by atoms with Gasteiger partial charge in [-0.2, -0.15) is 0 Å². The average Bonchev–Trinajstić information content (AvgIpc) is 2.78. The highest BCUT2D eigenvalue weighted by Gasteiger charge is 2.41. The van der Waals surface area contributed by atoms with Gasteiger partial charge in [-0.05, 0) is 74.8 Å². The van der Waals surface area contributed by atoms with E-state index in [1.54, 1.807) is 19.1 Å². The molecule has 0 unspecified atom stereocenters. The molecular weight excluding hydrogens is 423 g/mol. The van der Waals surface area contributed by atoms with Gasteiger partial charge in [0.1, 0.15) is 23.7 Å². The third-order valence-electron chi connectivity index (χ3n) is 5.57. The number of carboxylic acid groups (broad SMARTS) is 1. The first-order valence-corrected chi connectivity index (χ1v) is 11.6. The Hall–Kier alpha value is -2.49. The topological polar surface area (TPSA) is 95.9 Å². The van der Waals surface area contributed by atoms with Crippen molar-refractivity contribution in [3.05, 3.63) is 59.9 Å². The van der Waals surface area contributed by atoms with Crippen molar-refractivity contribution in [2.45, 2.75) is 43.2 Å². The fourth-order valence-corrected chi connectivity index (χ4v) is 4.62. The van der Waals surface area contributed by atoms with Crippen LogP contribution < -0.4 is 9.46 Å². The van der Waals surface area contributed by atoms with Crippen LogP contribution in [0.4, 0.5) is 4.39 Å². The second kappa shape index (κ2) is 9.76. The van der Waals surface area contributed by atoms with Crippen molar-refractivity contribution in [1.29, 1.82) is 0 Å². The van der Waals surface area contributed by atoms with Crippen molar-refractivity contribution >= 4 is 16.0 Å². The van der Waals surface area contributed by atoms with Gasteiger partial charge in [0, 0.05) is 6.54 Å². The molecule has 0 bridgehead atoms. The van der Waals surface area contributed by atoms with Gasteiger partial charge in [0.2, 0.25) is 10.0 Å². The van der Waals surface area contributed by atoms with Gasteiger partial charge in [-0.15, -0.1) is 0 Å². The van der Waals surface area contributed by atoms with E-state index >= 15 is 0 Å². The summed E-state index contributed by atoms with van der Waals surface area (Å²) in [6.07, 6.45) is 2.84. The Bertz CT molecular complexity index is 990. The molecule has 2 N–H and O–H groups in total. The maximum atomic E-state index is 13.0. The Balaban J connectivity index is 1.62. The third-order valence-corrected chi connectivity index (χ3v) is 6.99. The quantitative estimate of drug-likeness (QED) is 0.610. The van der Waals surface area contributed by atoms with Crippen molar-refractivity contribution < 1.29 is 27.4 Å². The second-order valence-electron chi connectivity index (χ2n) is 7.84. The number of hydrogen-bond donors (Lipinski definition) is 2. The lowest BCUT2D eigenvalue weighted by Gasteiger charge is -2.40. The lowest BCUT2D eigenvalue weighted by Crippen LogP contribution is -2.60. The molecule has 1 aliphatic rings. The summed E-state index contributed by atoms with van der Waals surface area (Å²) in [5.74, 6) is -0.918. The van der Waals surface area contributed by atoms with Crippen LogP contribution in [-0.4, -0.2) is 49.6 Å². The van der Waals surface area contributed by atoms with Crippen LogP contribution in [-0.2, 0) is 21.4 Å². The molecule has 0 saturated carbocycles. The van der Waals surface area contributed by atoms with E-state index in [1.165, 1.54) is 36.4 Å². The Labute approximate surface area is 181 Å². The number of sulfonamides is 1. The van der Waals surface area contributed by atoms with E-state index in [0.29, 0.717) is 18.8 Å². The highest BCUT2D eigenvalue weighted by molar-refractivity contribution is 7.89. The Morgan fingerprint density at radius 1 is 1.10 bits per heavy atom. The van der Waals surface area contributed by atoms with E-state index in [-0.39, 0.29) is 23.9 Å². The molecule has 1 atom stereocenters. The first-order chi connectivity index (χ1) is 14.7. The van der Waals surface area contributed by atoms with E-state index in [9.17, 15) is 22.7 Å². The summed E-state index contributed by atoms with van der Waals surface area (Å²) in [7, 11) is -3.89. The van der Waals surface area contributed by atoms with Crippen LogP contribution in [0.15, 0.2) is 53.4 Å². The van der Waals surface area contributed by atoms with Crippen LogP contribution in [0.2, 0.25) is 0 Å². The molecule has 0 aromatic heterocycles. The van der Waals surface area contributed by atoms with E-state index in [1.807, 2.05) is 4.90 Å². The maximum Gasteiger partial charge on any atom is 0.325 e. The summed E-state index contributed by atoms with van der Waals surface area (Å²) in [5.41, 5.74) is -0.531. The van der Waals surface area contributed by atoms with Gasteiger partial charge in [0.05, 0.1) is 4.90 Å². The summed E-state index contributed by atoms with van der Waals surface area (Å²) in [6, 6.07) is 11.8. The van der Waals surface area contributed by atoms with Gasteiger partial charge in [-0.3, -0.25) is 9.69 Å². The maximum absolute atomic E-state index is 13.0. The van der Waals surface area contributed by atoms with Crippen LogP contribution in [0, 0.1) is 5.82 Å². The molecule has 1 saturated heterocycles. The predicted molar refractivity (Wildman–Crippen MR) is 114 cm³/mol. The zero-order valence-corrected chi connectivity index (χ0v) is 18.2. The molecule has 0 spiro atoms. The number of hydrogen-bond acceptors (Lipinski definition) is 5. The lowest BCUT2D eigenvalue weighted by molar-refractivity contribution is -0.150. The normalized spacial score (nSPS) is 17.1. The largest absolute Gasteiger partial charge is 0.489 e. The summed E-state index contributed by atoms with van der Waals surface area (Å²) in [4.78, 5) is 13.8. The smallest absolute Gasteiger partial charge is 0.325 e. The zero-order valence-electron chi connectivity index (χ0n) is 17.4. The highest BCUT2D eigenvalue weighted by atomic mass is 32.2. The number of likely N-dealkylation sites (tertiary alicyclic amines) is 1. The SMILES string of the molecule is C[C@](CNS(=O)(=O)c1ccc(OCc2ccc(F)cc2)cc1)(C(=O)O)N1CCCCC1. The summed E-state index contributed by atoms with van der Waals surface area (Å²) >= 11 is 0. The highest BCUT2D eigenvalue weighted by Crippen LogP contribution is 2.22. The van der Waals surface area contributed by atoms with Gasteiger partial charge in [0.15, 0.2) is 0 Å². The number of rotatable bonds is 9. The minimum absolute atomic E-state index is 0.0213. The van der Waals surface area contributed by atoms with Gasteiger partial charge in [-0.1, -0.05) is 18.6 Å². The zero-order chi connectivity index (χ0) is 22.5. The van der Waals surface area contributed by atoms with Crippen molar-refractivity contribution in [2.24, 2.45) is 0 Å². The first-order valence-electron chi connectivity index (χ1n) is 10.2. The minimum atomic E-state index is -3.89.